The molecule has 0 aliphatic carbocycles. The highest BCUT2D eigenvalue weighted by Crippen LogP contribution is 2.35. The van der Waals surface area contributed by atoms with Gasteiger partial charge in [0.05, 0.1) is 19.8 Å². The third-order valence-corrected chi connectivity index (χ3v) is 5.17. The van der Waals surface area contributed by atoms with Gasteiger partial charge < -0.3 is 19.3 Å². The Balaban J connectivity index is 2.23. The summed E-state index contributed by atoms with van der Waals surface area (Å²) in [5.41, 5.74) is 0.674. The van der Waals surface area contributed by atoms with Crippen LogP contribution in [0.1, 0.15) is 57.8 Å². The molecule has 0 fully saturated rings. The molecule has 142 valence electrons. The SMILES string of the molecule is CCCCC(C)(CC)c1cc(NC(=S)c2c(OC)cccc2OC)no1. The predicted molar refractivity (Wildman–Crippen MR) is 109 cm³/mol. The van der Waals surface area contributed by atoms with Crippen LogP contribution in [0.3, 0.4) is 0 Å². The number of aromatic nitrogens is 1. The van der Waals surface area contributed by atoms with E-state index in [0.717, 1.165) is 31.4 Å². The number of anilines is 1. The van der Waals surface area contributed by atoms with Gasteiger partial charge in [0, 0.05) is 11.5 Å². The number of rotatable bonds is 9. The third kappa shape index (κ3) is 4.36. The summed E-state index contributed by atoms with van der Waals surface area (Å²) < 4.78 is 16.5. The number of hydrogen-bond acceptors (Lipinski definition) is 5. The van der Waals surface area contributed by atoms with E-state index < -0.39 is 0 Å². The Morgan fingerprint density at radius 1 is 1.23 bits per heavy atom. The lowest BCUT2D eigenvalue weighted by atomic mass is 9.80. The standard InChI is InChI=1S/C20H28N2O3S/c1-6-8-12-20(3,7-2)16-13-17(22-25-16)21-19(26)18-14(23-4)10-9-11-15(18)24-5/h9-11,13H,6-8,12H2,1-5H3,(H,21,22,26). The molecule has 0 spiro atoms. The van der Waals surface area contributed by atoms with Gasteiger partial charge in [-0.05, 0) is 25.0 Å². The monoisotopic (exact) mass is 376 g/mol. The summed E-state index contributed by atoms with van der Waals surface area (Å²) in [5, 5.41) is 7.31. The van der Waals surface area contributed by atoms with Gasteiger partial charge in [0.25, 0.3) is 0 Å². The van der Waals surface area contributed by atoms with Crippen molar-refractivity contribution in [3.63, 3.8) is 0 Å². The molecule has 0 aliphatic rings. The van der Waals surface area contributed by atoms with Gasteiger partial charge in [0.2, 0.25) is 0 Å². The van der Waals surface area contributed by atoms with Crippen molar-refractivity contribution in [1.29, 1.82) is 0 Å². The number of hydrogen-bond donors (Lipinski definition) is 1. The molecule has 1 N–H and O–H groups in total. The van der Waals surface area contributed by atoms with E-state index in [4.69, 9.17) is 26.2 Å². The van der Waals surface area contributed by atoms with Crippen LogP contribution in [0.15, 0.2) is 28.8 Å². The van der Waals surface area contributed by atoms with Gasteiger partial charge in [-0.3, -0.25) is 0 Å². The average molecular weight is 377 g/mol. The predicted octanol–water partition coefficient (Wildman–Crippen LogP) is 5.34. The van der Waals surface area contributed by atoms with Crippen LogP contribution in [-0.4, -0.2) is 24.4 Å². The molecule has 0 bridgehead atoms. The normalized spacial score (nSPS) is 13.1. The van der Waals surface area contributed by atoms with Crippen LogP contribution in [0.2, 0.25) is 0 Å². The maximum atomic E-state index is 5.63. The fourth-order valence-electron chi connectivity index (χ4n) is 2.91. The first-order valence-corrected chi connectivity index (χ1v) is 9.39. The summed E-state index contributed by atoms with van der Waals surface area (Å²) in [5.74, 6) is 2.76. The fourth-order valence-corrected chi connectivity index (χ4v) is 3.22. The fraction of sp³-hybridized carbons (Fsp3) is 0.500. The van der Waals surface area contributed by atoms with Crippen LogP contribution < -0.4 is 14.8 Å². The summed E-state index contributed by atoms with van der Waals surface area (Å²) in [4.78, 5) is 0.478. The minimum Gasteiger partial charge on any atom is -0.496 e. The van der Waals surface area contributed by atoms with E-state index in [1.807, 2.05) is 24.3 Å². The highest BCUT2D eigenvalue weighted by Gasteiger charge is 2.29. The van der Waals surface area contributed by atoms with E-state index in [1.54, 1.807) is 14.2 Å². The Hall–Kier alpha value is -2.08. The van der Waals surface area contributed by atoms with Crippen molar-refractivity contribution in [2.24, 2.45) is 0 Å². The summed E-state index contributed by atoms with van der Waals surface area (Å²) in [6.07, 6.45) is 4.38. The van der Waals surface area contributed by atoms with Crippen LogP contribution in [0.5, 0.6) is 11.5 Å². The minimum absolute atomic E-state index is 0.0211. The molecule has 0 radical (unpaired) electrons. The molecule has 2 aromatic rings. The zero-order valence-corrected chi connectivity index (χ0v) is 17.0. The Kier molecular flexibility index (Phi) is 7.03. The summed E-state index contributed by atoms with van der Waals surface area (Å²) >= 11 is 5.56. The molecule has 0 saturated heterocycles. The van der Waals surface area contributed by atoms with Crippen LogP contribution >= 0.6 is 12.2 Å². The maximum Gasteiger partial charge on any atom is 0.174 e. The number of nitrogens with one attached hydrogen (secondary N) is 1. The number of methoxy groups -OCH3 is 2. The molecular formula is C20H28N2O3S. The van der Waals surface area contributed by atoms with Crippen LogP contribution in [0.4, 0.5) is 5.82 Å². The first-order valence-electron chi connectivity index (χ1n) is 8.98. The first kappa shape index (κ1) is 20.2. The molecule has 1 heterocycles. The van der Waals surface area contributed by atoms with Crippen molar-refractivity contribution in [2.75, 3.05) is 19.5 Å². The van der Waals surface area contributed by atoms with Gasteiger partial charge in [0.1, 0.15) is 22.2 Å². The van der Waals surface area contributed by atoms with E-state index in [9.17, 15) is 0 Å². The second-order valence-electron chi connectivity index (χ2n) is 6.59. The largest absolute Gasteiger partial charge is 0.496 e. The van der Waals surface area contributed by atoms with Crippen LogP contribution in [0.25, 0.3) is 0 Å². The highest BCUT2D eigenvalue weighted by atomic mass is 32.1. The average Bonchev–Trinajstić information content (AvgIpc) is 3.14. The van der Waals surface area contributed by atoms with E-state index >= 15 is 0 Å². The minimum atomic E-state index is -0.0211. The smallest absolute Gasteiger partial charge is 0.174 e. The molecule has 1 aromatic heterocycles. The Bertz CT molecular complexity index is 722. The lowest BCUT2D eigenvalue weighted by Crippen LogP contribution is -2.20. The Morgan fingerprint density at radius 3 is 2.42 bits per heavy atom. The first-order chi connectivity index (χ1) is 12.5. The molecule has 1 atom stereocenters. The number of ether oxygens (including phenoxy) is 2. The Morgan fingerprint density at radius 2 is 1.88 bits per heavy atom. The van der Waals surface area contributed by atoms with Crippen LogP contribution in [0, 0.1) is 0 Å². The molecule has 0 aliphatic heterocycles. The molecule has 6 heteroatoms. The second kappa shape index (κ2) is 9.03. The highest BCUT2D eigenvalue weighted by molar-refractivity contribution is 7.81. The van der Waals surface area contributed by atoms with E-state index in [1.165, 1.54) is 0 Å². The summed E-state index contributed by atoms with van der Waals surface area (Å²) in [7, 11) is 3.21. The number of unbranched alkanes of at least 4 members (excludes halogenated alkanes) is 1. The zero-order valence-electron chi connectivity index (χ0n) is 16.2. The number of nitrogens with zero attached hydrogens (tertiary/aromatic N) is 1. The third-order valence-electron chi connectivity index (χ3n) is 4.86. The maximum absolute atomic E-state index is 5.63. The van der Waals surface area contributed by atoms with Crippen molar-refractivity contribution in [3.8, 4) is 11.5 Å². The number of thiocarbonyl (C=S) groups is 1. The van der Waals surface area contributed by atoms with Crippen molar-refractivity contribution in [2.45, 2.75) is 51.9 Å². The lowest BCUT2D eigenvalue weighted by Gasteiger charge is -2.24. The second-order valence-corrected chi connectivity index (χ2v) is 6.99. The van der Waals surface area contributed by atoms with Gasteiger partial charge in [-0.15, -0.1) is 0 Å². The van der Waals surface area contributed by atoms with Crippen molar-refractivity contribution >= 4 is 23.0 Å². The van der Waals surface area contributed by atoms with Gasteiger partial charge in [-0.1, -0.05) is 57.1 Å². The van der Waals surface area contributed by atoms with Crippen molar-refractivity contribution < 1.29 is 14.0 Å². The molecule has 0 saturated carbocycles. The molecular weight excluding hydrogens is 348 g/mol. The van der Waals surface area contributed by atoms with Gasteiger partial charge in [-0.2, -0.15) is 0 Å². The van der Waals surface area contributed by atoms with Crippen molar-refractivity contribution in [1.82, 2.24) is 5.16 Å². The van der Waals surface area contributed by atoms with Crippen molar-refractivity contribution in [3.05, 3.63) is 35.6 Å². The topological polar surface area (TPSA) is 56.5 Å². The van der Waals surface area contributed by atoms with Gasteiger partial charge in [-0.25, -0.2) is 0 Å². The number of benzene rings is 1. The van der Waals surface area contributed by atoms with E-state index in [0.29, 0.717) is 27.9 Å². The Labute approximate surface area is 161 Å². The lowest BCUT2D eigenvalue weighted by molar-refractivity contribution is 0.278. The van der Waals surface area contributed by atoms with E-state index in [2.05, 4.69) is 31.2 Å². The molecule has 26 heavy (non-hydrogen) atoms. The molecule has 2 rings (SSSR count). The van der Waals surface area contributed by atoms with Gasteiger partial charge in [0.15, 0.2) is 5.82 Å². The zero-order chi connectivity index (χ0) is 19.2. The summed E-state index contributed by atoms with van der Waals surface area (Å²) in [6, 6.07) is 7.49. The summed E-state index contributed by atoms with van der Waals surface area (Å²) in [6.45, 7) is 6.59. The molecule has 1 unspecified atom stereocenters. The molecule has 5 nitrogen and oxygen atoms in total. The van der Waals surface area contributed by atoms with Gasteiger partial charge >= 0.3 is 0 Å². The molecule has 0 amide bonds. The quantitative estimate of drug-likeness (QED) is 0.596. The van der Waals surface area contributed by atoms with E-state index in [-0.39, 0.29) is 5.41 Å². The van der Waals surface area contributed by atoms with Crippen LogP contribution in [-0.2, 0) is 5.41 Å². The molecule has 1 aromatic carbocycles.